The van der Waals surface area contributed by atoms with Crippen molar-refractivity contribution in [1.82, 2.24) is 5.32 Å². The van der Waals surface area contributed by atoms with Gasteiger partial charge in [0.1, 0.15) is 5.75 Å². The van der Waals surface area contributed by atoms with Crippen molar-refractivity contribution in [3.05, 3.63) is 29.8 Å². The third-order valence-corrected chi connectivity index (χ3v) is 3.90. The van der Waals surface area contributed by atoms with Crippen molar-refractivity contribution in [2.75, 3.05) is 26.8 Å². The Kier molecular flexibility index (Phi) is 4.10. The van der Waals surface area contributed by atoms with Crippen LogP contribution >= 0.6 is 0 Å². The van der Waals surface area contributed by atoms with Crippen LogP contribution in [0.3, 0.4) is 0 Å². The van der Waals surface area contributed by atoms with E-state index in [0.29, 0.717) is 13.2 Å². The monoisotopic (exact) mass is 263 g/mol. The van der Waals surface area contributed by atoms with Crippen LogP contribution in [-0.2, 0) is 14.9 Å². The second kappa shape index (κ2) is 5.61. The Labute approximate surface area is 114 Å². The van der Waals surface area contributed by atoms with Crippen LogP contribution in [0.25, 0.3) is 0 Å². The molecule has 0 radical (unpaired) electrons. The largest absolute Gasteiger partial charge is 0.496 e. The van der Waals surface area contributed by atoms with Gasteiger partial charge >= 0.3 is 5.97 Å². The molecule has 1 aliphatic rings. The van der Waals surface area contributed by atoms with Crippen LogP contribution in [0.4, 0.5) is 0 Å². The first-order chi connectivity index (χ1) is 9.13. The van der Waals surface area contributed by atoms with Gasteiger partial charge < -0.3 is 14.8 Å². The zero-order chi connectivity index (χ0) is 13.9. The summed E-state index contributed by atoms with van der Waals surface area (Å²) in [4.78, 5) is 12.1. The molecular weight excluding hydrogens is 242 g/mol. The molecule has 1 aromatic carbocycles. The summed E-state index contributed by atoms with van der Waals surface area (Å²) in [5.41, 5.74) is 0.763. The first-order valence-corrected chi connectivity index (χ1v) is 6.64. The number of carbonyl (C=O) groups excluding carboxylic acids is 1. The Bertz CT molecular complexity index is 460. The third-order valence-electron chi connectivity index (χ3n) is 3.90. The van der Waals surface area contributed by atoms with Crippen molar-refractivity contribution in [3.63, 3.8) is 0 Å². The summed E-state index contributed by atoms with van der Waals surface area (Å²) in [6.45, 7) is 5.73. The average Bonchev–Trinajstić information content (AvgIpc) is 2.82. The molecule has 4 heteroatoms. The predicted molar refractivity (Wildman–Crippen MR) is 73.3 cm³/mol. The molecule has 0 aliphatic carbocycles. The Morgan fingerprint density at radius 2 is 2.21 bits per heavy atom. The van der Waals surface area contributed by atoms with Crippen LogP contribution in [-0.4, -0.2) is 32.8 Å². The van der Waals surface area contributed by atoms with Crippen LogP contribution in [0.15, 0.2) is 24.3 Å². The molecule has 0 saturated carbocycles. The summed E-state index contributed by atoms with van der Waals surface area (Å²) in [6.07, 6.45) is 0. The van der Waals surface area contributed by atoms with Gasteiger partial charge in [-0.05, 0) is 13.0 Å². The summed E-state index contributed by atoms with van der Waals surface area (Å²) in [6, 6.07) is 7.87. The van der Waals surface area contributed by atoms with Crippen molar-refractivity contribution in [1.29, 1.82) is 0 Å². The maximum Gasteiger partial charge on any atom is 0.311 e. The lowest BCUT2D eigenvalue weighted by Gasteiger charge is -2.30. The van der Waals surface area contributed by atoms with Crippen LogP contribution in [0, 0.1) is 5.92 Å². The van der Waals surface area contributed by atoms with Gasteiger partial charge in [0.2, 0.25) is 0 Å². The lowest BCUT2D eigenvalue weighted by atomic mass is 9.73. The van der Waals surface area contributed by atoms with Gasteiger partial charge in [0.05, 0.1) is 19.6 Å². The SMILES string of the molecule is CCOC(=O)C1CNCC1(C)c1ccccc1OC. The minimum absolute atomic E-state index is 0.138. The molecule has 19 heavy (non-hydrogen) atoms. The van der Waals surface area contributed by atoms with Gasteiger partial charge in [-0.3, -0.25) is 4.79 Å². The van der Waals surface area contributed by atoms with E-state index >= 15 is 0 Å². The number of rotatable bonds is 4. The first-order valence-electron chi connectivity index (χ1n) is 6.64. The fourth-order valence-electron chi connectivity index (χ4n) is 2.81. The van der Waals surface area contributed by atoms with E-state index < -0.39 is 0 Å². The van der Waals surface area contributed by atoms with Gasteiger partial charge in [0, 0.05) is 24.1 Å². The Morgan fingerprint density at radius 3 is 2.89 bits per heavy atom. The molecule has 0 aromatic heterocycles. The van der Waals surface area contributed by atoms with E-state index in [1.165, 1.54) is 0 Å². The van der Waals surface area contributed by atoms with Crippen molar-refractivity contribution < 1.29 is 14.3 Å². The summed E-state index contributed by atoms with van der Waals surface area (Å²) < 4.78 is 10.6. The van der Waals surface area contributed by atoms with Crippen molar-refractivity contribution in [3.8, 4) is 5.75 Å². The van der Waals surface area contributed by atoms with Crippen molar-refractivity contribution >= 4 is 5.97 Å². The van der Waals surface area contributed by atoms with E-state index in [1.54, 1.807) is 7.11 Å². The Balaban J connectivity index is 2.37. The van der Waals surface area contributed by atoms with E-state index in [9.17, 15) is 4.79 Å². The lowest BCUT2D eigenvalue weighted by molar-refractivity contribution is -0.149. The number of hydrogen-bond acceptors (Lipinski definition) is 4. The van der Waals surface area contributed by atoms with Gasteiger partial charge in [0.15, 0.2) is 0 Å². The first kappa shape index (κ1) is 13.9. The number of benzene rings is 1. The second-order valence-corrected chi connectivity index (χ2v) is 5.05. The summed E-state index contributed by atoms with van der Waals surface area (Å²) in [5, 5.41) is 3.30. The van der Waals surface area contributed by atoms with E-state index in [2.05, 4.69) is 12.2 Å². The molecule has 1 saturated heterocycles. The van der Waals surface area contributed by atoms with Crippen molar-refractivity contribution in [2.45, 2.75) is 19.3 Å². The van der Waals surface area contributed by atoms with Gasteiger partial charge in [-0.15, -0.1) is 0 Å². The molecule has 2 atom stereocenters. The fourth-order valence-corrected chi connectivity index (χ4v) is 2.81. The minimum atomic E-state index is -0.293. The zero-order valence-corrected chi connectivity index (χ0v) is 11.7. The quantitative estimate of drug-likeness (QED) is 0.841. The molecular formula is C15H21NO3. The average molecular weight is 263 g/mol. The maximum atomic E-state index is 12.1. The Morgan fingerprint density at radius 1 is 1.47 bits per heavy atom. The van der Waals surface area contributed by atoms with Crippen LogP contribution in [0.1, 0.15) is 19.4 Å². The molecule has 0 spiro atoms. The maximum absolute atomic E-state index is 12.1. The molecule has 0 amide bonds. The number of hydrogen-bond donors (Lipinski definition) is 1. The lowest BCUT2D eigenvalue weighted by Crippen LogP contribution is -2.37. The molecule has 1 aliphatic heterocycles. The van der Waals surface area contributed by atoms with Crippen LogP contribution < -0.4 is 10.1 Å². The van der Waals surface area contributed by atoms with E-state index in [1.807, 2.05) is 31.2 Å². The van der Waals surface area contributed by atoms with Gasteiger partial charge in [-0.25, -0.2) is 0 Å². The number of ether oxygens (including phenoxy) is 2. The predicted octanol–water partition coefficient (Wildman–Crippen LogP) is 1.74. The summed E-state index contributed by atoms with van der Waals surface area (Å²) in [5.74, 6) is 0.507. The molecule has 1 N–H and O–H groups in total. The molecule has 1 fully saturated rings. The molecule has 2 rings (SSSR count). The number of nitrogens with one attached hydrogen (secondary N) is 1. The zero-order valence-electron chi connectivity index (χ0n) is 11.7. The highest BCUT2D eigenvalue weighted by atomic mass is 16.5. The highest BCUT2D eigenvalue weighted by molar-refractivity contribution is 5.76. The van der Waals surface area contributed by atoms with Gasteiger partial charge in [-0.1, -0.05) is 25.1 Å². The molecule has 1 aromatic rings. The van der Waals surface area contributed by atoms with E-state index in [0.717, 1.165) is 17.9 Å². The van der Waals surface area contributed by atoms with E-state index in [4.69, 9.17) is 9.47 Å². The summed E-state index contributed by atoms with van der Waals surface area (Å²) in [7, 11) is 1.66. The number of esters is 1. The fraction of sp³-hybridized carbons (Fsp3) is 0.533. The Hall–Kier alpha value is -1.55. The van der Waals surface area contributed by atoms with E-state index in [-0.39, 0.29) is 17.3 Å². The topological polar surface area (TPSA) is 47.6 Å². The highest BCUT2D eigenvalue weighted by Crippen LogP contribution is 2.40. The summed E-state index contributed by atoms with van der Waals surface area (Å²) >= 11 is 0. The normalized spacial score (nSPS) is 26.2. The molecule has 0 bridgehead atoms. The minimum Gasteiger partial charge on any atom is -0.496 e. The third kappa shape index (κ3) is 2.45. The molecule has 2 unspecified atom stereocenters. The van der Waals surface area contributed by atoms with Gasteiger partial charge in [-0.2, -0.15) is 0 Å². The molecule has 1 heterocycles. The number of para-hydroxylation sites is 1. The highest BCUT2D eigenvalue weighted by Gasteiger charge is 2.46. The number of carbonyl (C=O) groups is 1. The second-order valence-electron chi connectivity index (χ2n) is 5.05. The smallest absolute Gasteiger partial charge is 0.311 e. The number of methoxy groups -OCH3 is 1. The van der Waals surface area contributed by atoms with Crippen LogP contribution in [0.5, 0.6) is 5.75 Å². The van der Waals surface area contributed by atoms with Crippen molar-refractivity contribution in [2.24, 2.45) is 5.92 Å². The van der Waals surface area contributed by atoms with Crippen LogP contribution in [0.2, 0.25) is 0 Å². The molecule has 104 valence electrons. The standard InChI is InChI=1S/C15H21NO3/c1-4-19-14(17)12-9-16-10-15(12,2)11-7-5-6-8-13(11)18-3/h5-8,12,16H,4,9-10H2,1-3H3. The molecule has 4 nitrogen and oxygen atoms in total. The van der Waals surface area contributed by atoms with Gasteiger partial charge in [0.25, 0.3) is 0 Å².